The molecule has 1 fully saturated rings. The van der Waals surface area contributed by atoms with Crippen LogP contribution in [0.2, 0.25) is 0 Å². The average Bonchev–Trinajstić information content (AvgIpc) is 2.84. The number of sulfonamides is 1. The Morgan fingerprint density at radius 3 is 2.09 bits per heavy atom. The topological polar surface area (TPSA) is 81.7 Å². The van der Waals surface area contributed by atoms with Crippen molar-refractivity contribution in [3.8, 4) is 0 Å². The molecule has 1 aliphatic heterocycles. The number of carbonyl (C=O) groups excluding carboxylic acids is 1. The zero-order valence-electron chi connectivity index (χ0n) is 19.3. The quantitative estimate of drug-likeness (QED) is 0.519. The predicted molar refractivity (Wildman–Crippen MR) is 136 cm³/mol. The highest BCUT2D eigenvalue weighted by Gasteiger charge is 2.18. The molecule has 34 heavy (non-hydrogen) atoms. The van der Waals surface area contributed by atoms with Crippen LogP contribution in [0.3, 0.4) is 0 Å². The molecule has 178 valence electrons. The average molecular weight is 479 g/mol. The minimum Gasteiger partial charge on any atom is -0.369 e. The lowest BCUT2D eigenvalue weighted by atomic mass is 10.1. The fourth-order valence-electron chi connectivity index (χ4n) is 4.11. The largest absolute Gasteiger partial charge is 0.369 e. The highest BCUT2D eigenvalue weighted by atomic mass is 32.2. The number of carbonyl (C=O) groups is 1. The monoisotopic (exact) mass is 478 g/mol. The van der Waals surface area contributed by atoms with Crippen molar-refractivity contribution in [2.24, 2.45) is 0 Å². The zero-order chi connectivity index (χ0) is 24.0. The van der Waals surface area contributed by atoms with Crippen LogP contribution in [0.25, 0.3) is 0 Å². The second-order valence-electron chi connectivity index (χ2n) is 8.50. The number of hydrogen-bond donors (Lipinski definition) is 2. The van der Waals surface area contributed by atoms with E-state index in [4.69, 9.17) is 0 Å². The van der Waals surface area contributed by atoms with Crippen molar-refractivity contribution < 1.29 is 13.2 Å². The van der Waals surface area contributed by atoms with Crippen LogP contribution < -0.4 is 14.9 Å². The molecule has 2 N–H and O–H groups in total. The van der Waals surface area contributed by atoms with Crippen LogP contribution in [0.4, 0.5) is 11.4 Å². The van der Waals surface area contributed by atoms with Gasteiger partial charge in [-0.15, -0.1) is 0 Å². The molecular formula is C26H30N4O3S. The second-order valence-corrected chi connectivity index (χ2v) is 10.3. The lowest BCUT2D eigenvalue weighted by Gasteiger charge is -2.36. The van der Waals surface area contributed by atoms with Gasteiger partial charge in [-0.05, 0) is 47.5 Å². The first-order valence-electron chi connectivity index (χ1n) is 11.3. The Morgan fingerprint density at radius 2 is 1.44 bits per heavy atom. The summed E-state index contributed by atoms with van der Waals surface area (Å²) in [5.74, 6) is -0.197. The van der Waals surface area contributed by atoms with Crippen LogP contribution in [0.15, 0.2) is 78.9 Å². The molecule has 7 nitrogen and oxygen atoms in total. The maximum atomic E-state index is 12.6. The number of rotatable bonds is 8. The van der Waals surface area contributed by atoms with Gasteiger partial charge in [-0.3, -0.25) is 14.4 Å². The van der Waals surface area contributed by atoms with E-state index in [9.17, 15) is 13.2 Å². The summed E-state index contributed by atoms with van der Waals surface area (Å²) in [7, 11) is -3.35. The molecule has 0 aliphatic carbocycles. The SMILES string of the molecule is CS(=O)(=O)Nc1ccc(C(=O)NCc2ccccc2CN2CCN(c3ccccc3)CC2)cc1. The first kappa shape index (κ1) is 23.8. The molecule has 0 atom stereocenters. The maximum Gasteiger partial charge on any atom is 0.251 e. The van der Waals surface area contributed by atoms with Gasteiger partial charge in [-0.25, -0.2) is 8.42 Å². The third-order valence-corrected chi connectivity index (χ3v) is 6.50. The van der Waals surface area contributed by atoms with Crippen LogP contribution in [-0.4, -0.2) is 51.7 Å². The smallest absolute Gasteiger partial charge is 0.251 e. The first-order valence-corrected chi connectivity index (χ1v) is 13.2. The van der Waals surface area contributed by atoms with Gasteiger partial charge >= 0.3 is 0 Å². The van der Waals surface area contributed by atoms with Crippen molar-refractivity contribution in [1.82, 2.24) is 10.2 Å². The van der Waals surface area contributed by atoms with Gasteiger partial charge in [0.1, 0.15) is 0 Å². The molecular weight excluding hydrogens is 448 g/mol. The van der Waals surface area contributed by atoms with Crippen molar-refractivity contribution in [2.75, 3.05) is 42.1 Å². The molecule has 0 unspecified atom stereocenters. The normalized spacial score (nSPS) is 14.6. The van der Waals surface area contributed by atoms with Gasteiger partial charge in [0, 0.05) is 56.2 Å². The van der Waals surface area contributed by atoms with Gasteiger partial charge in [0.15, 0.2) is 0 Å². The Labute approximate surface area is 201 Å². The number of benzene rings is 3. The standard InChI is InChI=1S/C26H30N4O3S/c1-34(32,33)28-24-13-11-21(12-14-24)26(31)27-19-22-7-5-6-8-23(22)20-29-15-17-30(18-16-29)25-9-3-2-4-10-25/h2-14,28H,15-20H2,1H3,(H,27,31). The van der Waals surface area contributed by atoms with E-state index in [2.05, 4.69) is 56.2 Å². The third-order valence-electron chi connectivity index (χ3n) is 5.90. The van der Waals surface area contributed by atoms with Gasteiger partial charge in [0.05, 0.1) is 6.26 Å². The Kier molecular flexibility index (Phi) is 7.49. The van der Waals surface area contributed by atoms with E-state index in [1.165, 1.54) is 11.3 Å². The summed E-state index contributed by atoms with van der Waals surface area (Å²) < 4.78 is 25.1. The number of hydrogen-bond acceptors (Lipinski definition) is 5. The van der Waals surface area contributed by atoms with Crippen LogP contribution >= 0.6 is 0 Å². The number of amides is 1. The lowest BCUT2D eigenvalue weighted by Crippen LogP contribution is -2.46. The molecule has 0 radical (unpaired) electrons. The molecule has 0 bridgehead atoms. The van der Waals surface area contributed by atoms with Crippen LogP contribution in [0, 0.1) is 0 Å². The molecule has 0 spiro atoms. The molecule has 8 heteroatoms. The fraction of sp³-hybridized carbons (Fsp3) is 0.269. The van der Waals surface area contributed by atoms with E-state index in [1.54, 1.807) is 24.3 Å². The van der Waals surface area contributed by atoms with E-state index in [1.807, 2.05) is 18.2 Å². The Hall–Kier alpha value is -3.36. The summed E-state index contributed by atoms with van der Waals surface area (Å²) in [6.45, 7) is 5.25. The van der Waals surface area contributed by atoms with Crippen molar-refractivity contribution in [3.63, 3.8) is 0 Å². The van der Waals surface area contributed by atoms with Crippen LogP contribution in [-0.2, 0) is 23.1 Å². The number of anilines is 2. The summed E-state index contributed by atoms with van der Waals surface area (Å²) in [5, 5.41) is 2.98. The van der Waals surface area contributed by atoms with Crippen molar-refractivity contribution in [3.05, 3.63) is 95.6 Å². The van der Waals surface area contributed by atoms with E-state index in [0.717, 1.165) is 44.5 Å². The van der Waals surface area contributed by atoms with E-state index in [0.29, 0.717) is 17.8 Å². The first-order chi connectivity index (χ1) is 16.4. The summed E-state index contributed by atoms with van der Waals surface area (Å²) in [6.07, 6.45) is 1.09. The Bertz CT molecular complexity index is 1210. The van der Waals surface area contributed by atoms with Crippen molar-refractivity contribution in [1.29, 1.82) is 0 Å². The minimum absolute atomic E-state index is 0.197. The van der Waals surface area contributed by atoms with E-state index in [-0.39, 0.29) is 5.91 Å². The lowest BCUT2D eigenvalue weighted by molar-refractivity contribution is 0.0950. The summed E-state index contributed by atoms with van der Waals surface area (Å²) >= 11 is 0. The predicted octanol–water partition coefficient (Wildman–Crippen LogP) is 3.31. The van der Waals surface area contributed by atoms with Gasteiger partial charge in [0.2, 0.25) is 10.0 Å². The van der Waals surface area contributed by atoms with Gasteiger partial charge < -0.3 is 10.2 Å². The number of nitrogens with one attached hydrogen (secondary N) is 2. The zero-order valence-corrected chi connectivity index (χ0v) is 20.1. The number of para-hydroxylation sites is 1. The number of piperazine rings is 1. The fourth-order valence-corrected chi connectivity index (χ4v) is 4.67. The summed E-state index contributed by atoms with van der Waals surface area (Å²) in [6, 6.07) is 25.1. The van der Waals surface area contributed by atoms with Gasteiger partial charge in [0.25, 0.3) is 5.91 Å². The number of nitrogens with zero attached hydrogens (tertiary/aromatic N) is 2. The molecule has 1 aliphatic rings. The molecule has 1 heterocycles. The van der Waals surface area contributed by atoms with Crippen molar-refractivity contribution in [2.45, 2.75) is 13.1 Å². The third kappa shape index (κ3) is 6.59. The van der Waals surface area contributed by atoms with Gasteiger partial charge in [-0.1, -0.05) is 42.5 Å². The second kappa shape index (κ2) is 10.7. The van der Waals surface area contributed by atoms with E-state index < -0.39 is 10.0 Å². The molecule has 1 amide bonds. The maximum absolute atomic E-state index is 12.6. The Balaban J connectivity index is 1.32. The molecule has 0 aromatic heterocycles. The highest BCUT2D eigenvalue weighted by molar-refractivity contribution is 7.92. The molecule has 3 aromatic rings. The minimum atomic E-state index is -3.35. The van der Waals surface area contributed by atoms with E-state index >= 15 is 0 Å². The molecule has 1 saturated heterocycles. The van der Waals surface area contributed by atoms with Crippen LogP contribution in [0.1, 0.15) is 21.5 Å². The summed E-state index contributed by atoms with van der Waals surface area (Å²) in [4.78, 5) is 17.5. The summed E-state index contributed by atoms with van der Waals surface area (Å²) in [5.41, 5.74) is 4.48. The van der Waals surface area contributed by atoms with Gasteiger partial charge in [-0.2, -0.15) is 0 Å². The molecule has 4 rings (SSSR count). The Morgan fingerprint density at radius 1 is 0.824 bits per heavy atom. The van der Waals surface area contributed by atoms with Crippen LogP contribution in [0.5, 0.6) is 0 Å². The molecule has 3 aromatic carbocycles. The van der Waals surface area contributed by atoms with Crippen molar-refractivity contribution >= 4 is 27.3 Å². The highest BCUT2D eigenvalue weighted by Crippen LogP contribution is 2.18. The molecule has 0 saturated carbocycles.